The molecule has 0 amide bonds. The summed E-state index contributed by atoms with van der Waals surface area (Å²) in [5.41, 5.74) is 0.938. The lowest BCUT2D eigenvalue weighted by Gasteiger charge is -1.96. The van der Waals surface area contributed by atoms with E-state index in [0.717, 1.165) is 17.8 Å². The Balaban J connectivity index is 2.75. The van der Waals surface area contributed by atoms with Crippen LogP contribution in [0.2, 0.25) is 0 Å². The Labute approximate surface area is 69.7 Å². The largest absolute Gasteiger partial charge is 0.301 e. The molecule has 2 aromatic heterocycles. The first-order valence-electron chi connectivity index (χ1n) is 3.92. The molecule has 0 bridgehead atoms. The quantitative estimate of drug-likeness (QED) is 0.630. The Hall–Kier alpha value is -1.38. The van der Waals surface area contributed by atoms with Crippen molar-refractivity contribution in [3.8, 4) is 0 Å². The molecule has 0 fully saturated rings. The van der Waals surface area contributed by atoms with Gasteiger partial charge in [0, 0.05) is 12.6 Å². The van der Waals surface area contributed by atoms with Crippen LogP contribution in [0.4, 0.5) is 4.39 Å². The third-order valence-electron chi connectivity index (χ3n) is 1.88. The summed E-state index contributed by atoms with van der Waals surface area (Å²) in [5, 5.41) is 0. The summed E-state index contributed by atoms with van der Waals surface area (Å²) in [6, 6.07) is 3.16. The molecule has 0 radical (unpaired) electrons. The zero-order valence-corrected chi connectivity index (χ0v) is 6.79. The normalized spacial score (nSPS) is 10.8. The molecule has 0 atom stereocenters. The van der Waals surface area contributed by atoms with Crippen LogP contribution in [0.3, 0.4) is 0 Å². The van der Waals surface area contributed by atoms with E-state index >= 15 is 0 Å². The van der Waals surface area contributed by atoms with E-state index < -0.39 is 0 Å². The fourth-order valence-electron chi connectivity index (χ4n) is 1.28. The zero-order valence-electron chi connectivity index (χ0n) is 6.79. The highest BCUT2D eigenvalue weighted by Crippen LogP contribution is 2.08. The summed E-state index contributed by atoms with van der Waals surface area (Å²) < 4.78 is 14.6. The van der Waals surface area contributed by atoms with E-state index in [9.17, 15) is 4.39 Å². The van der Waals surface area contributed by atoms with Crippen molar-refractivity contribution in [2.75, 3.05) is 0 Å². The van der Waals surface area contributed by atoms with Gasteiger partial charge in [0.05, 0.1) is 11.7 Å². The molecule has 2 aromatic rings. The lowest BCUT2D eigenvalue weighted by molar-refractivity contribution is 0.617. The standard InChI is InChI=1S/C9H9FN2/c1-2-9-11-5-8-4-3-7(10)6-12(8)9/h3-6H,2H2,1H3. The molecule has 0 saturated carbocycles. The molecule has 0 aliphatic carbocycles. The van der Waals surface area contributed by atoms with Crippen LogP contribution in [0.15, 0.2) is 24.5 Å². The molecular formula is C9H9FN2. The first kappa shape index (κ1) is 7.28. The lowest BCUT2D eigenvalue weighted by Crippen LogP contribution is -1.92. The number of nitrogens with zero attached hydrogens (tertiary/aromatic N) is 2. The van der Waals surface area contributed by atoms with E-state index in [4.69, 9.17) is 0 Å². The second-order valence-corrected chi connectivity index (χ2v) is 2.67. The van der Waals surface area contributed by atoms with Crippen LogP contribution in [0.1, 0.15) is 12.7 Å². The average Bonchev–Trinajstić information content (AvgIpc) is 2.46. The second-order valence-electron chi connectivity index (χ2n) is 2.67. The van der Waals surface area contributed by atoms with Gasteiger partial charge in [-0.3, -0.25) is 0 Å². The first-order chi connectivity index (χ1) is 5.81. The van der Waals surface area contributed by atoms with Gasteiger partial charge in [0.2, 0.25) is 0 Å². The number of imidazole rings is 1. The number of hydrogen-bond donors (Lipinski definition) is 0. The molecule has 0 aromatic carbocycles. The molecule has 2 rings (SSSR count). The predicted octanol–water partition coefficient (Wildman–Crippen LogP) is 2.04. The number of aromatic nitrogens is 2. The molecule has 12 heavy (non-hydrogen) atoms. The first-order valence-corrected chi connectivity index (χ1v) is 3.92. The van der Waals surface area contributed by atoms with Crippen LogP contribution in [0.25, 0.3) is 5.52 Å². The third kappa shape index (κ3) is 0.978. The van der Waals surface area contributed by atoms with Gasteiger partial charge in [-0.2, -0.15) is 0 Å². The van der Waals surface area contributed by atoms with E-state index in [0.29, 0.717) is 0 Å². The van der Waals surface area contributed by atoms with Crippen LogP contribution < -0.4 is 0 Å². The molecular weight excluding hydrogens is 155 g/mol. The summed E-state index contributed by atoms with van der Waals surface area (Å²) in [6.45, 7) is 2.00. The minimum absolute atomic E-state index is 0.227. The molecule has 0 saturated heterocycles. The lowest BCUT2D eigenvalue weighted by atomic mass is 10.4. The monoisotopic (exact) mass is 164 g/mol. The van der Waals surface area contributed by atoms with Crippen molar-refractivity contribution < 1.29 is 4.39 Å². The third-order valence-corrected chi connectivity index (χ3v) is 1.88. The fourth-order valence-corrected chi connectivity index (χ4v) is 1.28. The highest BCUT2D eigenvalue weighted by atomic mass is 19.1. The second kappa shape index (κ2) is 2.59. The SMILES string of the molecule is CCc1ncc2ccc(F)cn12. The Morgan fingerprint density at radius 2 is 2.33 bits per heavy atom. The molecule has 3 heteroatoms. The van der Waals surface area contributed by atoms with Gasteiger partial charge in [-0.05, 0) is 12.1 Å². The number of aryl methyl sites for hydroxylation is 1. The molecule has 0 spiro atoms. The van der Waals surface area contributed by atoms with Gasteiger partial charge in [-0.15, -0.1) is 0 Å². The molecule has 2 heterocycles. The number of pyridine rings is 1. The van der Waals surface area contributed by atoms with E-state index in [1.165, 1.54) is 12.3 Å². The molecule has 0 N–H and O–H groups in total. The van der Waals surface area contributed by atoms with Crippen LogP contribution in [0.5, 0.6) is 0 Å². The maximum absolute atomic E-state index is 12.8. The highest BCUT2D eigenvalue weighted by molar-refractivity contribution is 5.45. The number of halogens is 1. The smallest absolute Gasteiger partial charge is 0.139 e. The maximum atomic E-state index is 12.8. The van der Waals surface area contributed by atoms with Crippen molar-refractivity contribution in [2.24, 2.45) is 0 Å². The highest BCUT2D eigenvalue weighted by Gasteiger charge is 2.00. The minimum Gasteiger partial charge on any atom is -0.301 e. The van der Waals surface area contributed by atoms with Crippen LogP contribution in [0, 0.1) is 5.82 Å². The zero-order chi connectivity index (χ0) is 8.55. The van der Waals surface area contributed by atoms with Crippen LogP contribution in [-0.2, 0) is 6.42 Å². The van der Waals surface area contributed by atoms with Crippen molar-refractivity contribution in [1.82, 2.24) is 9.38 Å². The molecule has 62 valence electrons. The van der Waals surface area contributed by atoms with Crippen molar-refractivity contribution in [3.63, 3.8) is 0 Å². The van der Waals surface area contributed by atoms with E-state index in [1.54, 1.807) is 16.7 Å². The van der Waals surface area contributed by atoms with Gasteiger partial charge in [0.15, 0.2) is 0 Å². The number of rotatable bonds is 1. The van der Waals surface area contributed by atoms with Crippen molar-refractivity contribution in [2.45, 2.75) is 13.3 Å². The molecule has 0 aliphatic heterocycles. The fraction of sp³-hybridized carbons (Fsp3) is 0.222. The van der Waals surface area contributed by atoms with E-state index in [2.05, 4.69) is 4.98 Å². The van der Waals surface area contributed by atoms with Gasteiger partial charge in [-0.1, -0.05) is 6.92 Å². The predicted molar refractivity (Wildman–Crippen MR) is 44.5 cm³/mol. The van der Waals surface area contributed by atoms with Crippen molar-refractivity contribution in [1.29, 1.82) is 0 Å². The van der Waals surface area contributed by atoms with Gasteiger partial charge in [0.1, 0.15) is 11.6 Å². The summed E-state index contributed by atoms with van der Waals surface area (Å²) in [7, 11) is 0. The van der Waals surface area contributed by atoms with Gasteiger partial charge < -0.3 is 4.40 Å². The Morgan fingerprint density at radius 3 is 3.08 bits per heavy atom. The van der Waals surface area contributed by atoms with Crippen LogP contribution >= 0.6 is 0 Å². The van der Waals surface area contributed by atoms with Gasteiger partial charge in [-0.25, -0.2) is 9.37 Å². The van der Waals surface area contributed by atoms with Gasteiger partial charge >= 0.3 is 0 Å². The Kier molecular flexibility index (Phi) is 1.57. The maximum Gasteiger partial charge on any atom is 0.139 e. The minimum atomic E-state index is -0.227. The Bertz CT molecular complexity index is 406. The summed E-state index contributed by atoms with van der Waals surface area (Å²) >= 11 is 0. The van der Waals surface area contributed by atoms with Crippen molar-refractivity contribution in [3.05, 3.63) is 36.2 Å². The summed E-state index contributed by atoms with van der Waals surface area (Å²) in [5.74, 6) is 0.666. The summed E-state index contributed by atoms with van der Waals surface area (Å²) in [4.78, 5) is 4.15. The molecule has 2 nitrogen and oxygen atoms in total. The molecule has 0 aliphatic rings. The molecule has 0 unspecified atom stereocenters. The van der Waals surface area contributed by atoms with E-state index in [1.807, 2.05) is 6.92 Å². The number of hydrogen-bond acceptors (Lipinski definition) is 1. The van der Waals surface area contributed by atoms with E-state index in [-0.39, 0.29) is 5.82 Å². The topological polar surface area (TPSA) is 17.3 Å². The number of fused-ring (bicyclic) bond motifs is 1. The van der Waals surface area contributed by atoms with Crippen LogP contribution in [-0.4, -0.2) is 9.38 Å². The van der Waals surface area contributed by atoms with Gasteiger partial charge in [0.25, 0.3) is 0 Å². The average molecular weight is 164 g/mol. The van der Waals surface area contributed by atoms with Crippen molar-refractivity contribution >= 4 is 5.52 Å². The summed E-state index contributed by atoms with van der Waals surface area (Å²) in [6.07, 6.45) is 4.02. The Morgan fingerprint density at radius 1 is 1.50 bits per heavy atom.